The number of carboxylic acid groups (broad SMARTS) is 1. The van der Waals surface area contributed by atoms with E-state index in [-0.39, 0.29) is 12.5 Å². The average Bonchev–Trinajstić information content (AvgIpc) is 2.00. The Labute approximate surface area is 70.7 Å². The maximum absolute atomic E-state index is 10.9. The number of nitrogens with one attached hydrogen (secondary N) is 1. The third-order valence-corrected chi connectivity index (χ3v) is 1.15. The molecule has 0 rings (SSSR count). The van der Waals surface area contributed by atoms with Gasteiger partial charge in [0.25, 0.3) is 0 Å². The summed E-state index contributed by atoms with van der Waals surface area (Å²) >= 11 is 0. The van der Waals surface area contributed by atoms with E-state index in [2.05, 4.69) is 11.9 Å². The third kappa shape index (κ3) is 4.32. The summed E-state index contributed by atoms with van der Waals surface area (Å²) in [6.07, 6.45) is 0.405. The Hall–Kier alpha value is -1.52. The second kappa shape index (κ2) is 5.17. The van der Waals surface area contributed by atoms with Gasteiger partial charge < -0.3 is 15.3 Å². The number of carbonyl (C=O) groups excluding carboxylic acids is 1. The fourth-order valence-electron chi connectivity index (χ4n) is 0.525. The Kier molecular flexibility index (Phi) is 4.52. The molecular formula is C7H12N2O3. The van der Waals surface area contributed by atoms with Crippen molar-refractivity contribution in [2.45, 2.75) is 0 Å². The largest absolute Gasteiger partial charge is 0.465 e. The molecule has 2 N–H and O–H groups in total. The van der Waals surface area contributed by atoms with Crippen molar-refractivity contribution in [3.8, 4) is 0 Å². The highest BCUT2D eigenvalue weighted by Gasteiger charge is 2.09. The van der Waals surface area contributed by atoms with E-state index < -0.39 is 6.09 Å². The SMILES string of the molecule is C=CCNC(=O)CN(C)C(=O)O. The minimum Gasteiger partial charge on any atom is -0.465 e. The number of likely N-dealkylation sites (N-methyl/N-ethyl adjacent to an activating group) is 1. The zero-order chi connectivity index (χ0) is 9.56. The zero-order valence-corrected chi connectivity index (χ0v) is 6.91. The van der Waals surface area contributed by atoms with Gasteiger partial charge in [-0.1, -0.05) is 6.08 Å². The van der Waals surface area contributed by atoms with Gasteiger partial charge in [0, 0.05) is 13.6 Å². The average molecular weight is 172 g/mol. The predicted octanol–water partition coefficient (Wildman–Crippen LogP) is -0.102. The molecule has 0 aliphatic carbocycles. The molecule has 0 bridgehead atoms. The van der Waals surface area contributed by atoms with Crippen LogP contribution in [0.15, 0.2) is 12.7 Å². The van der Waals surface area contributed by atoms with Crippen molar-refractivity contribution in [1.82, 2.24) is 10.2 Å². The van der Waals surface area contributed by atoms with Gasteiger partial charge in [-0.25, -0.2) is 4.79 Å². The quantitative estimate of drug-likeness (QED) is 0.582. The highest BCUT2D eigenvalue weighted by molar-refractivity contribution is 5.81. The van der Waals surface area contributed by atoms with Crippen LogP contribution in [0.2, 0.25) is 0 Å². The fraction of sp³-hybridized carbons (Fsp3) is 0.429. The Morgan fingerprint density at radius 3 is 2.67 bits per heavy atom. The first-order valence-corrected chi connectivity index (χ1v) is 3.39. The summed E-state index contributed by atoms with van der Waals surface area (Å²) < 4.78 is 0. The lowest BCUT2D eigenvalue weighted by molar-refractivity contribution is -0.121. The number of amides is 2. The summed E-state index contributed by atoms with van der Waals surface area (Å²) in [6.45, 7) is 3.61. The summed E-state index contributed by atoms with van der Waals surface area (Å²) in [5.74, 6) is -0.334. The second-order valence-electron chi connectivity index (χ2n) is 2.23. The molecule has 0 atom stereocenters. The normalized spacial score (nSPS) is 8.75. The maximum Gasteiger partial charge on any atom is 0.407 e. The Morgan fingerprint density at radius 1 is 1.67 bits per heavy atom. The molecule has 0 aromatic rings. The van der Waals surface area contributed by atoms with Crippen molar-refractivity contribution in [1.29, 1.82) is 0 Å². The molecule has 0 heterocycles. The highest BCUT2D eigenvalue weighted by Crippen LogP contribution is 1.82. The van der Waals surface area contributed by atoms with Gasteiger partial charge in [-0.3, -0.25) is 4.79 Å². The zero-order valence-electron chi connectivity index (χ0n) is 6.91. The lowest BCUT2D eigenvalue weighted by Gasteiger charge is -2.11. The van der Waals surface area contributed by atoms with Crippen LogP contribution in [0, 0.1) is 0 Å². The van der Waals surface area contributed by atoms with E-state index in [1.807, 2.05) is 0 Å². The molecule has 0 aliphatic heterocycles. The Bertz CT molecular complexity index is 191. The first-order chi connectivity index (χ1) is 5.57. The van der Waals surface area contributed by atoms with Crippen LogP contribution in [0.4, 0.5) is 4.79 Å². The van der Waals surface area contributed by atoms with Crippen LogP contribution in [0.1, 0.15) is 0 Å². The topological polar surface area (TPSA) is 69.6 Å². The summed E-state index contributed by atoms with van der Waals surface area (Å²) in [5.41, 5.74) is 0. The fourth-order valence-corrected chi connectivity index (χ4v) is 0.525. The van der Waals surface area contributed by atoms with Crippen molar-refractivity contribution in [3.63, 3.8) is 0 Å². The van der Waals surface area contributed by atoms with Crippen LogP contribution >= 0.6 is 0 Å². The van der Waals surface area contributed by atoms with Crippen LogP contribution in [-0.2, 0) is 4.79 Å². The first-order valence-electron chi connectivity index (χ1n) is 3.39. The molecule has 5 nitrogen and oxygen atoms in total. The molecule has 0 fully saturated rings. The van der Waals surface area contributed by atoms with Gasteiger partial charge in [0.05, 0.1) is 0 Å². The molecule has 0 saturated carbocycles. The molecule has 0 saturated heterocycles. The maximum atomic E-state index is 10.9. The van der Waals surface area contributed by atoms with Crippen LogP contribution in [0.3, 0.4) is 0 Å². The van der Waals surface area contributed by atoms with Crippen LogP contribution in [0.25, 0.3) is 0 Å². The Balaban J connectivity index is 3.68. The molecule has 0 aromatic carbocycles. The van der Waals surface area contributed by atoms with Crippen molar-refractivity contribution >= 4 is 12.0 Å². The lowest BCUT2D eigenvalue weighted by Crippen LogP contribution is -2.37. The summed E-state index contributed by atoms with van der Waals surface area (Å²) in [7, 11) is 1.33. The van der Waals surface area contributed by atoms with Crippen LogP contribution < -0.4 is 5.32 Å². The van der Waals surface area contributed by atoms with E-state index in [1.54, 1.807) is 0 Å². The van der Waals surface area contributed by atoms with Gasteiger partial charge >= 0.3 is 6.09 Å². The van der Waals surface area contributed by atoms with Crippen molar-refractivity contribution in [2.75, 3.05) is 20.1 Å². The second-order valence-corrected chi connectivity index (χ2v) is 2.23. The lowest BCUT2D eigenvalue weighted by atomic mass is 10.5. The van der Waals surface area contributed by atoms with Gasteiger partial charge in [-0.15, -0.1) is 6.58 Å². The van der Waals surface area contributed by atoms with Gasteiger partial charge in [-0.05, 0) is 0 Å². The van der Waals surface area contributed by atoms with Gasteiger partial charge in [0.15, 0.2) is 0 Å². The number of hydrogen-bond acceptors (Lipinski definition) is 2. The van der Waals surface area contributed by atoms with Gasteiger partial charge in [0.1, 0.15) is 6.54 Å². The summed E-state index contributed by atoms with van der Waals surface area (Å²) in [5, 5.41) is 10.8. The van der Waals surface area contributed by atoms with E-state index in [9.17, 15) is 9.59 Å². The van der Waals surface area contributed by atoms with Crippen molar-refractivity contribution < 1.29 is 14.7 Å². The molecule has 12 heavy (non-hydrogen) atoms. The monoisotopic (exact) mass is 172 g/mol. The van der Waals surface area contributed by atoms with E-state index >= 15 is 0 Å². The van der Waals surface area contributed by atoms with E-state index in [1.165, 1.54) is 13.1 Å². The number of nitrogens with zero attached hydrogens (tertiary/aromatic N) is 1. The van der Waals surface area contributed by atoms with E-state index in [0.717, 1.165) is 4.90 Å². The number of rotatable bonds is 4. The Morgan fingerprint density at radius 2 is 2.25 bits per heavy atom. The summed E-state index contributed by atoms with van der Waals surface area (Å²) in [4.78, 5) is 22.0. The molecule has 2 amide bonds. The van der Waals surface area contributed by atoms with Crippen molar-refractivity contribution in [2.24, 2.45) is 0 Å². The molecule has 0 aliphatic rings. The van der Waals surface area contributed by atoms with Crippen LogP contribution in [-0.4, -0.2) is 42.1 Å². The molecule has 0 aromatic heterocycles. The molecule has 0 spiro atoms. The first kappa shape index (κ1) is 10.5. The number of carbonyl (C=O) groups is 2. The molecule has 5 heteroatoms. The standard InChI is InChI=1S/C7H12N2O3/c1-3-4-8-6(10)5-9(2)7(11)12/h3H,1,4-5H2,2H3,(H,8,10)(H,11,12). The number of hydrogen-bond donors (Lipinski definition) is 2. The summed E-state index contributed by atoms with van der Waals surface area (Å²) in [6, 6.07) is 0. The molecule has 68 valence electrons. The minimum atomic E-state index is -1.12. The smallest absolute Gasteiger partial charge is 0.407 e. The molecule has 0 unspecified atom stereocenters. The van der Waals surface area contributed by atoms with Crippen LogP contribution in [0.5, 0.6) is 0 Å². The van der Waals surface area contributed by atoms with Gasteiger partial charge in [0.2, 0.25) is 5.91 Å². The van der Waals surface area contributed by atoms with E-state index in [4.69, 9.17) is 5.11 Å². The highest BCUT2D eigenvalue weighted by atomic mass is 16.4. The van der Waals surface area contributed by atoms with Crippen molar-refractivity contribution in [3.05, 3.63) is 12.7 Å². The third-order valence-electron chi connectivity index (χ3n) is 1.15. The molecule has 0 radical (unpaired) electrons. The predicted molar refractivity (Wildman–Crippen MR) is 43.9 cm³/mol. The van der Waals surface area contributed by atoms with E-state index in [0.29, 0.717) is 6.54 Å². The minimum absolute atomic E-state index is 0.150. The van der Waals surface area contributed by atoms with Gasteiger partial charge in [-0.2, -0.15) is 0 Å². The molecular weight excluding hydrogens is 160 g/mol.